The van der Waals surface area contributed by atoms with E-state index in [0.29, 0.717) is 6.54 Å². The van der Waals surface area contributed by atoms with Crippen LogP contribution in [-0.2, 0) is 17.9 Å². The first kappa shape index (κ1) is 16.7. The Morgan fingerprint density at radius 3 is 2.35 bits per heavy atom. The van der Waals surface area contributed by atoms with Crippen molar-refractivity contribution < 1.29 is 4.79 Å². The molecule has 20 heavy (non-hydrogen) atoms. The predicted molar refractivity (Wildman–Crippen MR) is 83.4 cm³/mol. The Labute approximate surface area is 122 Å². The van der Waals surface area contributed by atoms with Crippen LogP contribution in [0.2, 0.25) is 0 Å². The van der Waals surface area contributed by atoms with E-state index >= 15 is 0 Å². The molecular weight excluding hydrogens is 250 g/mol. The van der Waals surface area contributed by atoms with Crippen molar-refractivity contribution in [2.45, 2.75) is 39.4 Å². The minimum Gasteiger partial charge on any atom is -0.350 e. The van der Waals surface area contributed by atoms with Crippen molar-refractivity contribution in [1.82, 2.24) is 15.5 Å². The molecule has 1 rings (SSSR count). The van der Waals surface area contributed by atoms with E-state index in [2.05, 4.69) is 27.7 Å². The van der Waals surface area contributed by atoms with Gasteiger partial charge in [-0.2, -0.15) is 0 Å². The third kappa shape index (κ3) is 4.94. The van der Waals surface area contributed by atoms with Crippen LogP contribution in [0.15, 0.2) is 24.3 Å². The third-order valence-corrected chi connectivity index (χ3v) is 3.23. The Balaban J connectivity index is 2.68. The number of rotatable bonds is 7. The standard InChI is InChI=1S/C16H27N3O/c1-6-18-16(2,3)15(20)17-11-13-9-7-8-10-14(13)12-19(4)5/h7-10,18H,6,11-12H2,1-5H3,(H,17,20). The minimum absolute atomic E-state index is 0.0269. The molecule has 0 radical (unpaired) electrons. The summed E-state index contributed by atoms with van der Waals surface area (Å²) in [5.74, 6) is 0.0269. The zero-order valence-corrected chi connectivity index (χ0v) is 13.3. The topological polar surface area (TPSA) is 44.4 Å². The van der Waals surface area contributed by atoms with Crippen LogP contribution in [0.5, 0.6) is 0 Å². The van der Waals surface area contributed by atoms with Gasteiger partial charge in [-0.1, -0.05) is 31.2 Å². The van der Waals surface area contributed by atoms with Gasteiger partial charge in [-0.05, 0) is 45.6 Å². The molecule has 0 spiro atoms. The predicted octanol–water partition coefficient (Wildman–Crippen LogP) is 1.75. The number of hydrogen-bond acceptors (Lipinski definition) is 3. The van der Waals surface area contributed by atoms with Gasteiger partial charge in [-0.3, -0.25) is 4.79 Å². The summed E-state index contributed by atoms with van der Waals surface area (Å²) in [6, 6.07) is 8.22. The van der Waals surface area contributed by atoms with Crippen molar-refractivity contribution in [2.75, 3.05) is 20.6 Å². The Bertz CT molecular complexity index is 441. The van der Waals surface area contributed by atoms with E-state index in [1.807, 2.05) is 47.0 Å². The lowest BCUT2D eigenvalue weighted by Crippen LogP contribution is -2.52. The molecule has 0 unspecified atom stereocenters. The smallest absolute Gasteiger partial charge is 0.239 e. The van der Waals surface area contributed by atoms with Gasteiger partial charge in [0.05, 0.1) is 5.54 Å². The molecule has 4 nitrogen and oxygen atoms in total. The molecule has 2 N–H and O–H groups in total. The van der Waals surface area contributed by atoms with Crippen LogP contribution in [0.25, 0.3) is 0 Å². The minimum atomic E-state index is -0.536. The van der Waals surface area contributed by atoms with Crippen molar-refractivity contribution in [1.29, 1.82) is 0 Å². The number of benzene rings is 1. The quantitative estimate of drug-likeness (QED) is 0.798. The second-order valence-corrected chi connectivity index (χ2v) is 5.84. The van der Waals surface area contributed by atoms with Gasteiger partial charge in [0.1, 0.15) is 0 Å². The second kappa shape index (κ2) is 7.41. The highest BCUT2D eigenvalue weighted by Gasteiger charge is 2.25. The van der Waals surface area contributed by atoms with Crippen LogP contribution in [0.3, 0.4) is 0 Å². The first-order valence-corrected chi connectivity index (χ1v) is 7.11. The van der Waals surface area contributed by atoms with Gasteiger partial charge in [-0.15, -0.1) is 0 Å². The van der Waals surface area contributed by atoms with Gasteiger partial charge in [0.2, 0.25) is 5.91 Å². The molecule has 1 aromatic rings. The third-order valence-electron chi connectivity index (χ3n) is 3.23. The molecule has 1 amide bonds. The Kier molecular flexibility index (Phi) is 6.17. The highest BCUT2D eigenvalue weighted by atomic mass is 16.2. The molecule has 1 aromatic carbocycles. The zero-order valence-electron chi connectivity index (χ0n) is 13.3. The monoisotopic (exact) mass is 277 g/mol. The van der Waals surface area contributed by atoms with Gasteiger partial charge >= 0.3 is 0 Å². The summed E-state index contributed by atoms with van der Waals surface area (Å²) in [6.45, 7) is 8.02. The number of likely N-dealkylation sites (N-methyl/N-ethyl adjacent to an activating group) is 1. The molecular formula is C16H27N3O. The van der Waals surface area contributed by atoms with E-state index in [9.17, 15) is 4.79 Å². The summed E-state index contributed by atoms with van der Waals surface area (Å²) < 4.78 is 0. The van der Waals surface area contributed by atoms with Gasteiger partial charge in [0.15, 0.2) is 0 Å². The molecule has 4 heteroatoms. The summed E-state index contributed by atoms with van der Waals surface area (Å²) in [6.07, 6.45) is 0. The van der Waals surface area contributed by atoms with Gasteiger partial charge in [0.25, 0.3) is 0 Å². The number of nitrogens with zero attached hydrogens (tertiary/aromatic N) is 1. The van der Waals surface area contributed by atoms with Crippen LogP contribution in [0.4, 0.5) is 0 Å². The van der Waals surface area contributed by atoms with Gasteiger partial charge < -0.3 is 15.5 Å². The molecule has 0 aliphatic heterocycles. The van der Waals surface area contributed by atoms with Crippen molar-refractivity contribution in [3.63, 3.8) is 0 Å². The molecule has 0 fully saturated rings. The first-order valence-electron chi connectivity index (χ1n) is 7.11. The van der Waals surface area contributed by atoms with E-state index in [-0.39, 0.29) is 5.91 Å². The maximum atomic E-state index is 12.2. The second-order valence-electron chi connectivity index (χ2n) is 5.84. The number of hydrogen-bond donors (Lipinski definition) is 2. The van der Waals surface area contributed by atoms with Crippen molar-refractivity contribution in [3.05, 3.63) is 35.4 Å². The largest absolute Gasteiger partial charge is 0.350 e. The summed E-state index contributed by atoms with van der Waals surface area (Å²) in [5.41, 5.74) is 1.88. The van der Waals surface area contributed by atoms with Crippen LogP contribution in [-0.4, -0.2) is 37.0 Å². The van der Waals surface area contributed by atoms with E-state index < -0.39 is 5.54 Å². The van der Waals surface area contributed by atoms with E-state index in [1.165, 1.54) is 11.1 Å². The fraction of sp³-hybridized carbons (Fsp3) is 0.562. The summed E-state index contributed by atoms with van der Waals surface area (Å²) in [7, 11) is 4.09. The van der Waals surface area contributed by atoms with Crippen molar-refractivity contribution in [3.8, 4) is 0 Å². The van der Waals surface area contributed by atoms with E-state index in [4.69, 9.17) is 0 Å². The maximum absolute atomic E-state index is 12.2. The van der Waals surface area contributed by atoms with Crippen molar-refractivity contribution in [2.24, 2.45) is 0 Å². The lowest BCUT2D eigenvalue weighted by molar-refractivity contribution is -0.126. The Hall–Kier alpha value is -1.39. The molecule has 0 saturated carbocycles. The fourth-order valence-electron chi connectivity index (χ4n) is 2.14. The fourth-order valence-corrected chi connectivity index (χ4v) is 2.14. The van der Waals surface area contributed by atoms with Gasteiger partial charge in [-0.25, -0.2) is 0 Å². The highest BCUT2D eigenvalue weighted by molar-refractivity contribution is 5.85. The van der Waals surface area contributed by atoms with E-state index in [1.54, 1.807) is 0 Å². The number of amides is 1. The molecule has 0 heterocycles. The van der Waals surface area contributed by atoms with Crippen LogP contribution in [0.1, 0.15) is 31.9 Å². The highest BCUT2D eigenvalue weighted by Crippen LogP contribution is 2.11. The first-order chi connectivity index (χ1) is 9.36. The number of carbonyl (C=O) groups excluding carboxylic acids is 1. The Morgan fingerprint density at radius 1 is 1.20 bits per heavy atom. The van der Waals surface area contributed by atoms with Crippen molar-refractivity contribution >= 4 is 5.91 Å². The molecule has 0 aliphatic rings. The molecule has 0 bridgehead atoms. The molecule has 0 aromatic heterocycles. The molecule has 0 aliphatic carbocycles. The van der Waals surface area contributed by atoms with Gasteiger partial charge in [0, 0.05) is 13.1 Å². The summed E-state index contributed by atoms with van der Waals surface area (Å²) in [5, 5.41) is 6.20. The van der Waals surface area contributed by atoms with Crippen LogP contribution >= 0.6 is 0 Å². The Morgan fingerprint density at radius 2 is 1.80 bits per heavy atom. The normalized spacial score (nSPS) is 11.7. The SMILES string of the molecule is CCNC(C)(C)C(=O)NCc1ccccc1CN(C)C. The van der Waals surface area contributed by atoms with Crippen LogP contribution < -0.4 is 10.6 Å². The zero-order chi connectivity index (χ0) is 15.2. The summed E-state index contributed by atoms with van der Waals surface area (Å²) in [4.78, 5) is 14.3. The lowest BCUT2D eigenvalue weighted by atomic mass is 10.0. The average Bonchev–Trinajstić information content (AvgIpc) is 2.36. The number of carbonyl (C=O) groups is 1. The molecule has 112 valence electrons. The maximum Gasteiger partial charge on any atom is 0.239 e. The van der Waals surface area contributed by atoms with Crippen LogP contribution in [0, 0.1) is 0 Å². The molecule has 0 atom stereocenters. The summed E-state index contributed by atoms with van der Waals surface area (Å²) >= 11 is 0. The van der Waals surface area contributed by atoms with E-state index in [0.717, 1.165) is 13.1 Å². The molecule has 0 saturated heterocycles. The number of nitrogens with one attached hydrogen (secondary N) is 2. The average molecular weight is 277 g/mol. The lowest BCUT2D eigenvalue weighted by Gasteiger charge is -2.25.